The van der Waals surface area contributed by atoms with Crippen LogP contribution < -0.4 is 10.1 Å². The van der Waals surface area contributed by atoms with E-state index in [9.17, 15) is 4.79 Å². The van der Waals surface area contributed by atoms with Gasteiger partial charge in [0, 0.05) is 10.7 Å². The number of aryl methyl sites for hydroxylation is 1. The standard InChI is InChI=1S/C15H13Cl2NO2/c1-9-5-3-4-6-13(9)18-15(19)11-7-10(16)8-12(17)14(11)20-2/h3-8H,1-2H3,(H,18,19). The number of hydrogen-bond donors (Lipinski definition) is 1. The minimum Gasteiger partial charge on any atom is -0.494 e. The molecule has 2 aromatic rings. The Hall–Kier alpha value is -1.71. The maximum absolute atomic E-state index is 12.3. The van der Waals surface area contributed by atoms with Gasteiger partial charge >= 0.3 is 0 Å². The molecule has 0 aromatic heterocycles. The highest BCUT2D eigenvalue weighted by Crippen LogP contribution is 2.32. The van der Waals surface area contributed by atoms with Crippen molar-refractivity contribution in [2.75, 3.05) is 12.4 Å². The number of hydrogen-bond acceptors (Lipinski definition) is 2. The van der Waals surface area contributed by atoms with Crippen molar-refractivity contribution in [2.45, 2.75) is 6.92 Å². The molecule has 0 fully saturated rings. The Morgan fingerprint density at radius 3 is 2.55 bits per heavy atom. The fraction of sp³-hybridized carbons (Fsp3) is 0.133. The van der Waals surface area contributed by atoms with Crippen LogP contribution >= 0.6 is 23.2 Å². The van der Waals surface area contributed by atoms with E-state index in [1.54, 1.807) is 0 Å². The molecule has 1 N–H and O–H groups in total. The van der Waals surface area contributed by atoms with Crippen LogP contribution in [0.3, 0.4) is 0 Å². The molecule has 0 unspecified atom stereocenters. The van der Waals surface area contributed by atoms with Gasteiger partial charge in [-0.1, -0.05) is 41.4 Å². The average Bonchev–Trinajstić information content (AvgIpc) is 2.40. The van der Waals surface area contributed by atoms with Gasteiger partial charge in [0.25, 0.3) is 5.91 Å². The summed E-state index contributed by atoms with van der Waals surface area (Å²) in [4.78, 5) is 12.3. The number of benzene rings is 2. The Labute approximate surface area is 127 Å². The van der Waals surface area contributed by atoms with Gasteiger partial charge in [-0.15, -0.1) is 0 Å². The van der Waals surface area contributed by atoms with Crippen LogP contribution in [-0.2, 0) is 0 Å². The fourth-order valence-electron chi connectivity index (χ4n) is 1.84. The second-order valence-electron chi connectivity index (χ2n) is 4.24. The van der Waals surface area contributed by atoms with Gasteiger partial charge < -0.3 is 10.1 Å². The largest absolute Gasteiger partial charge is 0.494 e. The molecule has 0 bridgehead atoms. The second-order valence-corrected chi connectivity index (χ2v) is 5.08. The van der Waals surface area contributed by atoms with Gasteiger partial charge in [0.2, 0.25) is 0 Å². The lowest BCUT2D eigenvalue weighted by atomic mass is 10.1. The van der Waals surface area contributed by atoms with E-state index in [0.717, 1.165) is 11.3 Å². The topological polar surface area (TPSA) is 38.3 Å². The van der Waals surface area contributed by atoms with Crippen molar-refractivity contribution in [3.8, 4) is 5.75 Å². The zero-order chi connectivity index (χ0) is 14.7. The van der Waals surface area contributed by atoms with E-state index in [4.69, 9.17) is 27.9 Å². The van der Waals surface area contributed by atoms with Gasteiger partial charge in [-0.2, -0.15) is 0 Å². The smallest absolute Gasteiger partial charge is 0.259 e. The van der Waals surface area contributed by atoms with E-state index in [1.165, 1.54) is 19.2 Å². The normalized spacial score (nSPS) is 10.2. The number of halogens is 2. The Balaban J connectivity index is 2.37. The molecule has 0 spiro atoms. The highest BCUT2D eigenvalue weighted by Gasteiger charge is 2.17. The number of carbonyl (C=O) groups excluding carboxylic acids is 1. The molecule has 0 aliphatic carbocycles. The van der Waals surface area contributed by atoms with Gasteiger partial charge in [0.05, 0.1) is 17.7 Å². The van der Waals surface area contributed by atoms with Crippen molar-refractivity contribution in [1.29, 1.82) is 0 Å². The van der Waals surface area contributed by atoms with E-state index >= 15 is 0 Å². The maximum atomic E-state index is 12.3. The van der Waals surface area contributed by atoms with E-state index in [0.29, 0.717) is 21.4 Å². The zero-order valence-corrected chi connectivity index (χ0v) is 12.5. The molecule has 2 rings (SSSR count). The van der Waals surface area contributed by atoms with Crippen molar-refractivity contribution in [2.24, 2.45) is 0 Å². The molecule has 104 valence electrons. The van der Waals surface area contributed by atoms with Crippen molar-refractivity contribution in [3.05, 3.63) is 57.6 Å². The van der Waals surface area contributed by atoms with E-state index in [-0.39, 0.29) is 5.91 Å². The molecule has 0 atom stereocenters. The number of rotatable bonds is 3. The summed E-state index contributed by atoms with van der Waals surface area (Å²) in [5, 5.41) is 3.50. The predicted molar refractivity (Wildman–Crippen MR) is 82.1 cm³/mol. The fourth-order valence-corrected chi connectivity index (χ4v) is 2.41. The first-order chi connectivity index (χ1) is 9.52. The molecule has 0 saturated heterocycles. The number of ether oxygens (including phenoxy) is 1. The zero-order valence-electron chi connectivity index (χ0n) is 11.0. The maximum Gasteiger partial charge on any atom is 0.259 e. The SMILES string of the molecule is COc1c(Cl)cc(Cl)cc1C(=O)Nc1ccccc1C. The van der Waals surface area contributed by atoms with Crippen molar-refractivity contribution in [3.63, 3.8) is 0 Å². The number of methoxy groups -OCH3 is 1. The van der Waals surface area contributed by atoms with Gasteiger partial charge in [0.1, 0.15) is 5.75 Å². The molecule has 3 nitrogen and oxygen atoms in total. The van der Waals surface area contributed by atoms with Crippen LogP contribution in [0, 0.1) is 6.92 Å². The van der Waals surface area contributed by atoms with Gasteiger partial charge in [0.15, 0.2) is 0 Å². The van der Waals surface area contributed by atoms with E-state index < -0.39 is 0 Å². The molecule has 2 aromatic carbocycles. The highest BCUT2D eigenvalue weighted by atomic mass is 35.5. The number of nitrogens with one attached hydrogen (secondary N) is 1. The lowest BCUT2D eigenvalue weighted by Gasteiger charge is -2.12. The lowest BCUT2D eigenvalue weighted by molar-refractivity contribution is 0.102. The van der Waals surface area contributed by atoms with E-state index in [2.05, 4.69) is 5.32 Å². The number of carbonyl (C=O) groups is 1. The quantitative estimate of drug-likeness (QED) is 0.902. The Morgan fingerprint density at radius 1 is 1.20 bits per heavy atom. The van der Waals surface area contributed by atoms with Crippen LogP contribution in [0.4, 0.5) is 5.69 Å². The molecule has 5 heteroatoms. The van der Waals surface area contributed by atoms with Crippen molar-refractivity contribution < 1.29 is 9.53 Å². The number of anilines is 1. The first-order valence-corrected chi connectivity index (χ1v) is 6.68. The molecular formula is C15H13Cl2NO2. The van der Waals surface area contributed by atoms with Crippen LogP contribution in [-0.4, -0.2) is 13.0 Å². The highest BCUT2D eigenvalue weighted by molar-refractivity contribution is 6.36. The summed E-state index contributed by atoms with van der Waals surface area (Å²) in [5.74, 6) is -0.0114. The van der Waals surface area contributed by atoms with Gasteiger partial charge in [-0.05, 0) is 30.7 Å². The second kappa shape index (κ2) is 6.16. The Kier molecular flexibility index (Phi) is 4.53. The molecule has 0 saturated carbocycles. The molecule has 0 heterocycles. The Bertz CT molecular complexity index is 656. The minimum absolute atomic E-state index is 0.299. The van der Waals surface area contributed by atoms with E-state index in [1.807, 2.05) is 31.2 Å². The summed E-state index contributed by atoms with van der Waals surface area (Å²) < 4.78 is 5.17. The molecule has 0 aliphatic rings. The molecule has 0 radical (unpaired) electrons. The minimum atomic E-state index is -0.319. The summed E-state index contributed by atoms with van der Waals surface area (Å²) in [6.07, 6.45) is 0. The summed E-state index contributed by atoms with van der Waals surface area (Å²) in [6, 6.07) is 10.6. The first-order valence-electron chi connectivity index (χ1n) is 5.93. The van der Waals surface area contributed by atoms with Crippen LogP contribution in [0.2, 0.25) is 10.0 Å². The number of para-hydroxylation sites is 1. The van der Waals surface area contributed by atoms with Crippen LogP contribution in [0.15, 0.2) is 36.4 Å². The molecular weight excluding hydrogens is 297 g/mol. The first kappa shape index (κ1) is 14.7. The summed E-state index contributed by atoms with van der Waals surface area (Å²) in [5.41, 5.74) is 2.00. The molecule has 0 aliphatic heterocycles. The summed E-state index contributed by atoms with van der Waals surface area (Å²) >= 11 is 12.0. The predicted octanol–water partition coefficient (Wildman–Crippen LogP) is 4.56. The van der Waals surface area contributed by atoms with Gasteiger partial charge in [-0.25, -0.2) is 0 Å². The molecule has 1 amide bonds. The summed E-state index contributed by atoms with van der Waals surface area (Å²) in [7, 11) is 1.46. The summed E-state index contributed by atoms with van der Waals surface area (Å²) in [6.45, 7) is 1.91. The molecule has 20 heavy (non-hydrogen) atoms. The van der Waals surface area contributed by atoms with Crippen LogP contribution in [0.5, 0.6) is 5.75 Å². The van der Waals surface area contributed by atoms with Gasteiger partial charge in [-0.3, -0.25) is 4.79 Å². The Morgan fingerprint density at radius 2 is 1.90 bits per heavy atom. The monoisotopic (exact) mass is 309 g/mol. The lowest BCUT2D eigenvalue weighted by Crippen LogP contribution is -2.14. The third-order valence-electron chi connectivity index (χ3n) is 2.85. The third-order valence-corrected chi connectivity index (χ3v) is 3.35. The van der Waals surface area contributed by atoms with Crippen LogP contribution in [0.1, 0.15) is 15.9 Å². The number of amides is 1. The van der Waals surface area contributed by atoms with Crippen molar-refractivity contribution in [1.82, 2.24) is 0 Å². The third kappa shape index (κ3) is 3.06. The van der Waals surface area contributed by atoms with Crippen molar-refractivity contribution >= 4 is 34.8 Å². The van der Waals surface area contributed by atoms with Crippen LogP contribution in [0.25, 0.3) is 0 Å². The average molecular weight is 310 g/mol.